The van der Waals surface area contributed by atoms with Crippen LogP contribution in [0.1, 0.15) is 0 Å². The Hall–Kier alpha value is -6.65. The fourth-order valence-corrected chi connectivity index (χ4v) is 7.21. The van der Waals surface area contributed by atoms with Crippen LogP contribution in [0, 0.1) is 0 Å². The third-order valence-corrected chi connectivity index (χ3v) is 9.46. The van der Waals surface area contributed by atoms with Gasteiger partial charge in [0.2, 0.25) is 5.89 Å². The Morgan fingerprint density at radius 1 is 0.429 bits per heavy atom. The molecule has 0 saturated heterocycles. The summed E-state index contributed by atoms with van der Waals surface area (Å²) in [5.74, 6) is 0.595. The highest BCUT2D eigenvalue weighted by atomic mass is 16.4. The average molecular weight is 629 g/mol. The molecule has 10 aromatic rings. The van der Waals surface area contributed by atoms with Crippen molar-refractivity contribution in [2.45, 2.75) is 0 Å². The number of aromatic nitrogens is 1. The maximum Gasteiger partial charge on any atom is 0.227 e. The fraction of sp³-hybridized carbons (Fsp3) is 0. The SMILES string of the molecule is c1ccc(-c2nc3cc4c(cc3o2)oc2cccc(N(c3ccccc3)c3ccc(-c5cc6ccccc6c6ccccc56)cc3)c24)cc1. The number of hydrogen-bond donors (Lipinski definition) is 0. The van der Waals surface area contributed by atoms with Crippen LogP contribution in [-0.4, -0.2) is 4.98 Å². The summed E-state index contributed by atoms with van der Waals surface area (Å²) in [5.41, 5.74) is 9.54. The lowest BCUT2D eigenvalue weighted by Crippen LogP contribution is -2.10. The number of fused-ring (bicyclic) bond motifs is 7. The number of furan rings is 1. The molecule has 0 fully saturated rings. The van der Waals surface area contributed by atoms with Gasteiger partial charge in [-0.25, -0.2) is 4.98 Å². The van der Waals surface area contributed by atoms with Gasteiger partial charge in [0.15, 0.2) is 5.58 Å². The predicted molar refractivity (Wildman–Crippen MR) is 202 cm³/mol. The molecule has 0 aliphatic heterocycles. The van der Waals surface area contributed by atoms with Crippen LogP contribution in [0.5, 0.6) is 0 Å². The van der Waals surface area contributed by atoms with Gasteiger partial charge in [0.25, 0.3) is 0 Å². The molecule has 0 saturated carbocycles. The highest BCUT2D eigenvalue weighted by molar-refractivity contribution is 6.16. The van der Waals surface area contributed by atoms with Gasteiger partial charge in [0.05, 0.1) is 11.1 Å². The van der Waals surface area contributed by atoms with Crippen molar-refractivity contribution in [2.24, 2.45) is 0 Å². The smallest absolute Gasteiger partial charge is 0.227 e. The summed E-state index contributed by atoms with van der Waals surface area (Å²) in [7, 11) is 0. The number of oxazole rings is 1. The van der Waals surface area contributed by atoms with E-state index in [1.54, 1.807) is 0 Å². The predicted octanol–water partition coefficient (Wildman–Crippen LogP) is 12.8. The fourth-order valence-electron chi connectivity index (χ4n) is 7.21. The van der Waals surface area contributed by atoms with Crippen LogP contribution in [0.25, 0.3) is 77.2 Å². The van der Waals surface area contributed by atoms with E-state index >= 15 is 0 Å². The first kappa shape index (κ1) is 27.5. The summed E-state index contributed by atoms with van der Waals surface area (Å²) in [6.07, 6.45) is 0. The molecule has 0 aliphatic rings. The Morgan fingerprint density at radius 3 is 1.94 bits per heavy atom. The number of hydrogen-bond acceptors (Lipinski definition) is 4. The Bertz CT molecular complexity index is 2820. The summed E-state index contributed by atoms with van der Waals surface area (Å²) in [4.78, 5) is 7.17. The lowest BCUT2D eigenvalue weighted by Gasteiger charge is -2.26. The minimum Gasteiger partial charge on any atom is -0.456 e. The normalized spacial score (nSPS) is 11.7. The zero-order chi connectivity index (χ0) is 32.3. The Balaban J connectivity index is 1.14. The molecule has 2 heterocycles. The van der Waals surface area contributed by atoms with Gasteiger partial charge >= 0.3 is 0 Å². The van der Waals surface area contributed by atoms with Crippen molar-refractivity contribution in [1.29, 1.82) is 0 Å². The first-order chi connectivity index (χ1) is 24.3. The standard InChI is InChI=1S/C45H28N2O2/c1-3-12-30(13-4-1)45-46-39-27-38-42(28-43(39)49-45)48-41-21-11-20-40(44(38)41)47(32-15-5-2-6-16-32)33-24-22-29(23-25-33)37-26-31-14-7-8-17-34(31)35-18-9-10-19-36(35)37/h1-28H. The second-order valence-corrected chi connectivity index (χ2v) is 12.4. The van der Waals surface area contributed by atoms with Gasteiger partial charge in [-0.2, -0.15) is 0 Å². The molecule has 10 rings (SSSR count). The number of benzene rings is 8. The van der Waals surface area contributed by atoms with Crippen LogP contribution >= 0.6 is 0 Å². The van der Waals surface area contributed by atoms with E-state index in [0.29, 0.717) is 11.5 Å². The van der Waals surface area contributed by atoms with Gasteiger partial charge < -0.3 is 13.7 Å². The first-order valence-electron chi connectivity index (χ1n) is 16.5. The van der Waals surface area contributed by atoms with Crippen molar-refractivity contribution < 1.29 is 8.83 Å². The van der Waals surface area contributed by atoms with Gasteiger partial charge in [0.1, 0.15) is 16.7 Å². The van der Waals surface area contributed by atoms with Crippen molar-refractivity contribution in [2.75, 3.05) is 4.90 Å². The third kappa shape index (κ3) is 4.49. The number of rotatable bonds is 5. The van der Waals surface area contributed by atoms with Crippen molar-refractivity contribution in [3.8, 4) is 22.6 Å². The maximum absolute atomic E-state index is 6.48. The molecule has 49 heavy (non-hydrogen) atoms. The van der Waals surface area contributed by atoms with Gasteiger partial charge in [-0.15, -0.1) is 0 Å². The van der Waals surface area contributed by atoms with E-state index in [0.717, 1.165) is 50.1 Å². The lowest BCUT2D eigenvalue weighted by atomic mass is 9.93. The van der Waals surface area contributed by atoms with Crippen molar-refractivity contribution in [3.63, 3.8) is 0 Å². The van der Waals surface area contributed by atoms with E-state index in [1.807, 2.05) is 42.5 Å². The van der Waals surface area contributed by atoms with Crippen LogP contribution in [0.15, 0.2) is 179 Å². The first-order valence-corrected chi connectivity index (χ1v) is 16.5. The topological polar surface area (TPSA) is 42.4 Å². The molecule has 0 amide bonds. The molecular weight excluding hydrogens is 601 g/mol. The lowest BCUT2D eigenvalue weighted by molar-refractivity contribution is 0.617. The molecule has 0 N–H and O–H groups in total. The molecular formula is C45H28N2O2. The zero-order valence-electron chi connectivity index (χ0n) is 26.4. The minimum absolute atomic E-state index is 0.595. The van der Waals surface area contributed by atoms with Crippen molar-refractivity contribution in [1.82, 2.24) is 4.98 Å². The second kappa shape index (κ2) is 11.0. The summed E-state index contributed by atoms with van der Waals surface area (Å²) >= 11 is 0. The summed E-state index contributed by atoms with van der Waals surface area (Å²) in [6, 6.07) is 59.3. The molecule has 0 spiro atoms. The van der Waals surface area contributed by atoms with Gasteiger partial charge in [0, 0.05) is 28.4 Å². The Morgan fingerprint density at radius 2 is 1.12 bits per heavy atom. The highest BCUT2D eigenvalue weighted by Crippen LogP contribution is 2.44. The van der Waals surface area contributed by atoms with Crippen LogP contribution in [-0.2, 0) is 0 Å². The van der Waals surface area contributed by atoms with E-state index in [-0.39, 0.29) is 0 Å². The summed E-state index contributed by atoms with van der Waals surface area (Å²) in [5, 5.41) is 7.04. The van der Waals surface area contributed by atoms with E-state index in [9.17, 15) is 0 Å². The molecule has 0 atom stereocenters. The van der Waals surface area contributed by atoms with E-state index < -0.39 is 0 Å². The monoisotopic (exact) mass is 628 g/mol. The third-order valence-electron chi connectivity index (χ3n) is 9.46. The number of para-hydroxylation sites is 1. The minimum atomic E-state index is 0.595. The average Bonchev–Trinajstić information content (AvgIpc) is 3.76. The molecule has 4 heteroatoms. The highest BCUT2D eigenvalue weighted by Gasteiger charge is 2.21. The van der Waals surface area contributed by atoms with E-state index in [2.05, 4.69) is 132 Å². The summed E-state index contributed by atoms with van der Waals surface area (Å²) < 4.78 is 12.7. The van der Waals surface area contributed by atoms with Crippen LogP contribution in [0.3, 0.4) is 0 Å². The maximum atomic E-state index is 6.48. The van der Waals surface area contributed by atoms with E-state index in [1.165, 1.54) is 32.7 Å². The van der Waals surface area contributed by atoms with Crippen LogP contribution < -0.4 is 4.90 Å². The number of anilines is 3. The van der Waals surface area contributed by atoms with Gasteiger partial charge in [-0.3, -0.25) is 0 Å². The molecule has 2 aromatic heterocycles. The van der Waals surface area contributed by atoms with Crippen molar-refractivity contribution in [3.05, 3.63) is 170 Å². The van der Waals surface area contributed by atoms with Crippen LogP contribution in [0.2, 0.25) is 0 Å². The second-order valence-electron chi connectivity index (χ2n) is 12.4. The molecule has 0 aliphatic carbocycles. The quantitative estimate of drug-likeness (QED) is 0.178. The largest absolute Gasteiger partial charge is 0.456 e. The zero-order valence-corrected chi connectivity index (χ0v) is 26.4. The molecule has 0 radical (unpaired) electrons. The summed E-state index contributed by atoms with van der Waals surface area (Å²) in [6.45, 7) is 0. The van der Waals surface area contributed by atoms with Gasteiger partial charge in [-0.1, -0.05) is 103 Å². The molecule has 4 nitrogen and oxygen atoms in total. The Labute approximate surface area is 282 Å². The van der Waals surface area contributed by atoms with E-state index in [4.69, 9.17) is 13.8 Å². The molecule has 0 bridgehead atoms. The molecule has 0 unspecified atom stereocenters. The van der Waals surface area contributed by atoms with Gasteiger partial charge in [-0.05, 0) is 93.3 Å². The molecule has 8 aromatic carbocycles. The Kier molecular flexibility index (Phi) is 6.15. The van der Waals surface area contributed by atoms with Crippen molar-refractivity contribution >= 4 is 71.6 Å². The molecule has 230 valence electrons. The number of nitrogens with zero attached hydrogens (tertiary/aromatic N) is 2. The van der Waals surface area contributed by atoms with Crippen LogP contribution in [0.4, 0.5) is 17.1 Å².